The highest BCUT2D eigenvalue weighted by molar-refractivity contribution is 5.12. The van der Waals surface area contributed by atoms with Gasteiger partial charge in [-0.15, -0.1) is 0 Å². The molecular weight excluding hydrogens is 402 g/mol. The van der Waals surface area contributed by atoms with Crippen molar-refractivity contribution in [2.45, 2.75) is 137 Å². The summed E-state index contributed by atoms with van der Waals surface area (Å²) in [5, 5.41) is 8.54. The van der Waals surface area contributed by atoms with Gasteiger partial charge >= 0.3 is 0 Å². The lowest BCUT2D eigenvalue weighted by Crippen LogP contribution is -2.50. The number of rotatable bonds is 21. The largest absolute Gasteiger partial charge is 0.392 e. The van der Waals surface area contributed by atoms with Gasteiger partial charge in [-0.25, -0.2) is 0 Å². The zero-order chi connectivity index (χ0) is 24.5. The van der Waals surface area contributed by atoms with Gasteiger partial charge in [0.25, 0.3) is 0 Å². The third kappa shape index (κ3) is 19.2. The Balaban J connectivity index is 0.00000106. The molecule has 0 atom stereocenters. The van der Waals surface area contributed by atoms with E-state index in [1.54, 1.807) is 0 Å². The third-order valence-corrected chi connectivity index (χ3v) is 6.97. The van der Waals surface area contributed by atoms with Crippen LogP contribution >= 0.6 is 0 Å². The zero-order valence-electron chi connectivity index (χ0n) is 23.1. The lowest BCUT2D eigenvalue weighted by molar-refractivity contribution is -0.929. The Bertz CT molecular complexity index is 433. The molecule has 1 aromatic rings. The highest BCUT2D eigenvalue weighted by Crippen LogP contribution is 2.19. The van der Waals surface area contributed by atoms with Crippen molar-refractivity contribution in [3.05, 3.63) is 35.9 Å². The predicted octanol–water partition coefficient (Wildman–Crippen LogP) is 9.30. The average Bonchev–Trinajstić information content (AvgIpc) is 2.86. The van der Waals surface area contributed by atoms with Crippen LogP contribution in [0, 0.1) is 0 Å². The SMILES string of the molecule is CCCCCC[N+](CCCCCC)(CCCCCC)CCCCCC.OCc1ccccc1. The highest BCUT2D eigenvalue weighted by atomic mass is 16.3. The molecule has 1 rings (SSSR count). The molecule has 2 heteroatoms. The van der Waals surface area contributed by atoms with Gasteiger partial charge in [0.2, 0.25) is 0 Å². The first-order valence-corrected chi connectivity index (χ1v) is 14.7. The molecule has 0 saturated carbocycles. The van der Waals surface area contributed by atoms with E-state index in [1.165, 1.54) is 133 Å². The third-order valence-electron chi connectivity index (χ3n) is 6.97. The molecule has 0 heterocycles. The molecule has 1 N–H and O–H groups in total. The lowest BCUT2D eigenvalue weighted by Gasteiger charge is -2.39. The topological polar surface area (TPSA) is 20.2 Å². The number of benzene rings is 1. The van der Waals surface area contributed by atoms with E-state index in [2.05, 4.69) is 27.7 Å². The lowest BCUT2D eigenvalue weighted by atomic mass is 10.1. The quantitative estimate of drug-likeness (QED) is 0.142. The second-order valence-electron chi connectivity index (χ2n) is 10.1. The summed E-state index contributed by atoms with van der Waals surface area (Å²) in [6.45, 7) is 15.3. The van der Waals surface area contributed by atoms with E-state index >= 15 is 0 Å². The molecule has 0 unspecified atom stereocenters. The monoisotopic (exact) mass is 462 g/mol. The second-order valence-corrected chi connectivity index (χ2v) is 10.1. The molecular formula is C31H60NO+. The smallest absolute Gasteiger partial charge is 0.0786 e. The van der Waals surface area contributed by atoms with Crippen LogP contribution < -0.4 is 0 Å². The molecule has 1 aromatic carbocycles. The van der Waals surface area contributed by atoms with Gasteiger partial charge in [-0.05, 0) is 56.9 Å². The van der Waals surface area contributed by atoms with Crippen LogP contribution in [0.1, 0.15) is 136 Å². The van der Waals surface area contributed by atoms with E-state index in [0.717, 1.165) is 5.56 Å². The van der Waals surface area contributed by atoms with Gasteiger partial charge in [0, 0.05) is 0 Å². The molecule has 0 aliphatic carbocycles. The maximum Gasteiger partial charge on any atom is 0.0786 e. The standard InChI is InChI=1S/C24H52N.C7H8O/c1-5-9-13-17-21-25(22-18-14-10-6-2,23-19-15-11-7-3)24-20-16-12-8-4;8-6-7-4-2-1-3-5-7/h5-24H2,1-4H3;1-5,8H,6H2/q+1;. The molecule has 0 aliphatic heterocycles. The first kappa shape index (κ1) is 32.1. The van der Waals surface area contributed by atoms with Gasteiger partial charge in [0.1, 0.15) is 0 Å². The maximum absolute atomic E-state index is 8.54. The molecule has 0 fully saturated rings. The molecule has 194 valence electrons. The van der Waals surface area contributed by atoms with Crippen molar-refractivity contribution >= 4 is 0 Å². The van der Waals surface area contributed by atoms with Crippen LogP contribution in [0.4, 0.5) is 0 Å². The van der Waals surface area contributed by atoms with Crippen LogP contribution in [0.2, 0.25) is 0 Å². The summed E-state index contributed by atoms with van der Waals surface area (Å²) >= 11 is 0. The van der Waals surface area contributed by atoms with Crippen LogP contribution in [0.5, 0.6) is 0 Å². The minimum Gasteiger partial charge on any atom is -0.392 e. The number of aliphatic hydroxyl groups is 1. The maximum atomic E-state index is 8.54. The predicted molar refractivity (Wildman–Crippen MR) is 149 cm³/mol. The van der Waals surface area contributed by atoms with Gasteiger partial charge in [-0.1, -0.05) is 109 Å². The van der Waals surface area contributed by atoms with Crippen molar-refractivity contribution in [1.82, 2.24) is 0 Å². The van der Waals surface area contributed by atoms with Crippen molar-refractivity contribution < 1.29 is 9.59 Å². The van der Waals surface area contributed by atoms with E-state index < -0.39 is 0 Å². The minimum absolute atomic E-state index is 0.140. The molecule has 0 spiro atoms. The first-order valence-electron chi connectivity index (χ1n) is 14.7. The van der Waals surface area contributed by atoms with E-state index in [9.17, 15) is 0 Å². The van der Waals surface area contributed by atoms with E-state index in [-0.39, 0.29) is 6.61 Å². The first-order chi connectivity index (χ1) is 16.2. The van der Waals surface area contributed by atoms with Gasteiger partial charge in [0.15, 0.2) is 0 Å². The average molecular weight is 463 g/mol. The molecule has 2 nitrogen and oxygen atoms in total. The molecule has 0 saturated heterocycles. The van der Waals surface area contributed by atoms with E-state index in [1.807, 2.05) is 30.3 Å². The Morgan fingerprint density at radius 3 is 1.06 bits per heavy atom. The minimum atomic E-state index is 0.140. The van der Waals surface area contributed by atoms with Crippen molar-refractivity contribution in [1.29, 1.82) is 0 Å². The van der Waals surface area contributed by atoms with Crippen LogP contribution in [0.3, 0.4) is 0 Å². The number of aliphatic hydroxyl groups excluding tert-OH is 1. The van der Waals surface area contributed by atoms with Crippen molar-refractivity contribution in [3.63, 3.8) is 0 Å². The Kier molecular flexibility index (Phi) is 23.6. The summed E-state index contributed by atoms with van der Waals surface area (Å²) < 4.78 is 1.46. The van der Waals surface area contributed by atoms with Gasteiger partial charge in [-0.2, -0.15) is 0 Å². The summed E-state index contributed by atoms with van der Waals surface area (Å²) in [7, 11) is 0. The van der Waals surface area contributed by atoms with Crippen LogP contribution in [0.15, 0.2) is 30.3 Å². The fraction of sp³-hybridized carbons (Fsp3) is 0.806. The summed E-state index contributed by atoms with van der Waals surface area (Å²) in [6, 6.07) is 9.52. The Hall–Kier alpha value is -0.860. The van der Waals surface area contributed by atoms with Crippen molar-refractivity contribution in [2.75, 3.05) is 26.2 Å². The number of quaternary nitrogens is 1. The van der Waals surface area contributed by atoms with Crippen LogP contribution in [-0.2, 0) is 6.61 Å². The fourth-order valence-electron chi connectivity index (χ4n) is 4.75. The molecule has 0 bridgehead atoms. The summed E-state index contributed by atoms with van der Waals surface area (Å²) in [6.07, 6.45) is 22.8. The summed E-state index contributed by atoms with van der Waals surface area (Å²) in [5.41, 5.74) is 0.965. The highest BCUT2D eigenvalue weighted by Gasteiger charge is 2.25. The fourth-order valence-corrected chi connectivity index (χ4v) is 4.75. The summed E-state index contributed by atoms with van der Waals surface area (Å²) in [4.78, 5) is 0. The number of hydrogen-bond acceptors (Lipinski definition) is 1. The summed E-state index contributed by atoms with van der Waals surface area (Å²) in [5.74, 6) is 0. The normalized spacial score (nSPS) is 11.3. The second kappa shape index (κ2) is 24.3. The molecule has 0 radical (unpaired) electrons. The molecule has 0 aromatic heterocycles. The van der Waals surface area contributed by atoms with Crippen LogP contribution in [0.25, 0.3) is 0 Å². The Morgan fingerprint density at radius 2 is 0.818 bits per heavy atom. The molecule has 33 heavy (non-hydrogen) atoms. The molecule has 0 amide bonds. The number of nitrogens with zero attached hydrogens (tertiary/aromatic N) is 1. The molecule has 0 aliphatic rings. The van der Waals surface area contributed by atoms with Crippen molar-refractivity contribution in [2.24, 2.45) is 0 Å². The number of unbranched alkanes of at least 4 members (excludes halogenated alkanes) is 12. The van der Waals surface area contributed by atoms with Crippen molar-refractivity contribution in [3.8, 4) is 0 Å². The number of hydrogen-bond donors (Lipinski definition) is 1. The Labute approximate surface area is 208 Å². The van der Waals surface area contributed by atoms with E-state index in [4.69, 9.17) is 5.11 Å². The van der Waals surface area contributed by atoms with Crippen LogP contribution in [-0.4, -0.2) is 35.8 Å². The van der Waals surface area contributed by atoms with E-state index in [0.29, 0.717) is 0 Å². The van der Waals surface area contributed by atoms with Gasteiger partial charge < -0.3 is 9.59 Å². The zero-order valence-corrected chi connectivity index (χ0v) is 23.1. The Morgan fingerprint density at radius 1 is 0.485 bits per heavy atom. The van der Waals surface area contributed by atoms with Gasteiger partial charge in [-0.3, -0.25) is 0 Å². The van der Waals surface area contributed by atoms with Gasteiger partial charge in [0.05, 0.1) is 32.8 Å².